The van der Waals surface area contributed by atoms with Crippen molar-refractivity contribution in [2.45, 2.75) is 32.7 Å². The lowest BCUT2D eigenvalue weighted by molar-refractivity contribution is 0.135. The Morgan fingerprint density at radius 2 is 2.00 bits per heavy atom. The van der Waals surface area contributed by atoms with E-state index >= 15 is 0 Å². The standard InChI is InChI=1S/C13H22N4O/c1-3-15(4-2)13(18)16-10-6-12(7-11-16)17-9-5-8-14-17/h5,8-9,12H,3-4,6-7,10-11H2,1-2H3. The van der Waals surface area contributed by atoms with Crippen LogP contribution in [0, 0.1) is 0 Å². The zero-order chi connectivity index (χ0) is 13.0. The third-order valence-electron chi connectivity index (χ3n) is 3.67. The van der Waals surface area contributed by atoms with E-state index in [1.54, 1.807) is 0 Å². The molecule has 2 rings (SSSR count). The van der Waals surface area contributed by atoms with Crippen molar-refractivity contribution in [3.05, 3.63) is 18.5 Å². The molecule has 2 amide bonds. The normalized spacial score (nSPS) is 16.9. The number of nitrogens with zero attached hydrogens (tertiary/aromatic N) is 4. The molecule has 5 heteroatoms. The Morgan fingerprint density at radius 3 is 2.50 bits per heavy atom. The molecule has 0 spiro atoms. The molecule has 0 aromatic carbocycles. The summed E-state index contributed by atoms with van der Waals surface area (Å²) in [5.41, 5.74) is 0. The molecule has 18 heavy (non-hydrogen) atoms. The van der Waals surface area contributed by atoms with E-state index in [9.17, 15) is 4.79 Å². The maximum Gasteiger partial charge on any atom is 0.319 e. The van der Waals surface area contributed by atoms with Crippen molar-refractivity contribution in [3.8, 4) is 0 Å². The van der Waals surface area contributed by atoms with Crippen molar-refractivity contribution in [2.24, 2.45) is 0 Å². The smallest absolute Gasteiger partial charge is 0.319 e. The summed E-state index contributed by atoms with van der Waals surface area (Å²) in [5.74, 6) is 0. The number of rotatable bonds is 3. The number of piperidine rings is 1. The summed E-state index contributed by atoms with van der Waals surface area (Å²) >= 11 is 0. The Bertz CT molecular complexity index is 364. The molecule has 0 radical (unpaired) electrons. The van der Waals surface area contributed by atoms with E-state index in [1.807, 2.05) is 46.8 Å². The predicted molar refractivity (Wildman–Crippen MR) is 70.4 cm³/mol. The molecule has 1 aliphatic heterocycles. The summed E-state index contributed by atoms with van der Waals surface area (Å²) in [6, 6.07) is 2.58. The van der Waals surface area contributed by atoms with Crippen molar-refractivity contribution in [1.29, 1.82) is 0 Å². The van der Waals surface area contributed by atoms with E-state index < -0.39 is 0 Å². The van der Waals surface area contributed by atoms with E-state index in [-0.39, 0.29) is 6.03 Å². The SMILES string of the molecule is CCN(CC)C(=O)N1CCC(n2cccn2)CC1. The van der Waals surface area contributed by atoms with Crippen LogP contribution >= 0.6 is 0 Å². The van der Waals surface area contributed by atoms with Gasteiger partial charge in [-0.3, -0.25) is 4.68 Å². The minimum Gasteiger partial charge on any atom is -0.325 e. The summed E-state index contributed by atoms with van der Waals surface area (Å²) in [7, 11) is 0. The molecular weight excluding hydrogens is 228 g/mol. The van der Waals surface area contributed by atoms with Gasteiger partial charge in [0, 0.05) is 38.6 Å². The van der Waals surface area contributed by atoms with Crippen LogP contribution < -0.4 is 0 Å². The monoisotopic (exact) mass is 250 g/mol. The van der Waals surface area contributed by atoms with Crippen molar-refractivity contribution in [3.63, 3.8) is 0 Å². The number of carbonyl (C=O) groups is 1. The molecule has 0 atom stereocenters. The van der Waals surface area contributed by atoms with Crippen LogP contribution in [0.15, 0.2) is 18.5 Å². The molecule has 0 N–H and O–H groups in total. The van der Waals surface area contributed by atoms with Gasteiger partial charge in [-0.25, -0.2) is 4.79 Å². The lowest BCUT2D eigenvalue weighted by atomic mass is 10.1. The predicted octanol–water partition coefficient (Wildman–Crippen LogP) is 1.98. The number of carbonyl (C=O) groups excluding carboxylic acids is 1. The molecule has 1 aromatic heterocycles. The van der Waals surface area contributed by atoms with E-state index in [2.05, 4.69) is 5.10 Å². The molecule has 1 aliphatic rings. The average Bonchev–Trinajstić information content (AvgIpc) is 2.94. The summed E-state index contributed by atoms with van der Waals surface area (Å²) in [5, 5.41) is 4.28. The number of hydrogen-bond donors (Lipinski definition) is 0. The van der Waals surface area contributed by atoms with E-state index in [0.717, 1.165) is 39.0 Å². The number of urea groups is 1. The van der Waals surface area contributed by atoms with Gasteiger partial charge in [-0.1, -0.05) is 0 Å². The first-order valence-electron chi connectivity index (χ1n) is 6.79. The Hall–Kier alpha value is -1.52. The van der Waals surface area contributed by atoms with E-state index in [4.69, 9.17) is 0 Å². The fourth-order valence-corrected chi connectivity index (χ4v) is 2.51. The number of amides is 2. The second-order valence-corrected chi connectivity index (χ2v) is 4.66. The highest BCUT2D eigenvalue weighted by atomic mass is 16.2. The molecule has 2 heterocycles. The maximum atomic E-state index is 12.2. The van der Waals surface area contributed by atoms with Crippen LogP contribution in [-0.2, 0) is 0 Å². The van der Waals surface area contributed by atoms with E-state index in [0.29, 0.717) is 6.04 Å². The van der Waals surface area contributed by atoms with Crippen molar-refractivity contribution in [2.75, 3.05) is 26.2 Å². The average molecular weight is 250 g/mol. The number of aromatic nitrogens is 2. The van der Waals surface area contributed by atoms with Crippen molar-refractivity contribution >= 4 is 6.03 Å². The van der Waals surface area contributed by atoms with Gasteiger partial charge in [0.15, 0.2) is 0 Å². The molecule has 100 valence electrons. The first-order chi connectivity index (χ1) is 8.76. The molecule has 1 fully saturated rings. The third-order valence-corrected chi connectivity index (χ3v) is 3.67. The van der Waals surface area contributed by atoms with Crippen LogP contribution in [0.3, 0.4) is 0 Å². The van der Waals surface area contributed by atoms with Gasteiger partial charge in [0.05, 0.1) is 6.04 Å². The molecule has 0 unspecified atom stereocenters. The quantitative estimate of drug-likeness (QED) is 0.823. The van der Waals surface area contributed by atoms with Crippen LogP contribution in [0.1, 0.15) is 32.7 Å². The lowest BCUT2D eigenvalue weighted by Crippen LogP contribution is -2.46. The molecule has 0 aliphatic carbocycles. The van der Waals surface area contributed by atoms with Gasteiger partial charge in [-0.2, -0.15) is 5.10 Å². The van der Waals surface area contributed by atoms with Gasteiger partial charge in [-0.05, 0) is 32.8 Å². The highest BCUT2D eigenvalue weighted by molar-refractivity contribution is 5.74. The number of hydrogen-bond acceptors (Lipinski definition) is 2. The van der Waals surface area contributed by atoms with Crippen molar-refractivity contribution in [1.82, 2.24) is 19.6 Å². The Kier molecular flexibility index (Phi) is 4.23. The molecule has 1 aromatic rings. The first kappa shape index (κ1) is 12.9. The zero-order valence-electron chi connectivity index (χ0n) is 11.2. The van der Waals surface area contributed by atoms with Crippen LogP contribution in [-0.4, -0.2) is 51.8 Å². The van der Waals surface area contributed by atoms with Gasteiger partial charge in [0.2, 0.25) is 0 Å². The molecule has 1 saturated heterocycles. The summed E-state index contributed by atoms with van der Waals surface area (Å²) < 4.78 is 2.01. The van der Waals surface area contributed by atoms with Gasteiger partial charge in [0.1, 0.15) is 0 Å². The Balaban J connectivity index is 1.88. The highest BCUT2D eigenvalue weighted by Gasteiger charge is 2.25. The second-order valence-electron chi connectivity index (χ2n) is 4.66. The van der Waals surface area contributed by atoms with Gasteiger partial charge in [-0.15, -0.1) is 0 Å². The molecule has 0 bridgehead atoms. The van der Waals surface area contributed by atoms with Crippen LogP contribution in [0.2, 0.25) is 0 Å². The van der Waals surface area contributed by atoms with Crippen LogP contribution in [0.4, 0.5) is 4.79 Å². The van der Waals surface area contributed by atoms with E-state index in [1.165, 1.54) is 0 Å². The Labute approximate surface area is 108 Å². The third kappa shape index (κ3) is 2.66. The lowest BCUT2D eigenvalue weighted by Gasteiger charge is -2.35. The zero-order valence-corrected chi connectivity index (χ0v) is 11.2. The molecule has 5 nitrogen and oxygen atoms in total. The number of likely N-dealkylation sites (tertiary alicyclic amines) is 1. The largest absolute Gasteiger partial charge is 0.325 e. The van der Waals surface area contributed by atoms with Crippen LogP contribution in [0.25, 0.3) is 0 Å². The van der Waals surface area contributed by atoms with Gasteiger partial charge < -0.3 is 9.80 Å². The topological polar surface area (TPSA) is 41.4 Å². The fraction of sp³-hybridized carbons (Fsp3) is 0.692. The fourth-order valence-electron chi connectivity index (χ4n) is 2.51. The molecular formula is C13H22N4O. The van der Waals surface area contributed by atoms with Gasteiger partial charge in [0.25, 0.3) is 0 Å². The Morgan fingerprint density at radius 1 is 1.33 bits per heavy atom. The summed E-state index contributed by atoms with van der Waals surface area (Å²) in [4.78, 5) is 16.0. The highest BCUT2D eigenvalue weighted by Crippen LogP contribution is 2.22. The second kappa shape index (κ2) is 5.89. The minimum absolute atomic E-state index is 0.180. The summed E-state index contributed by atoms with van der Waals surface area (Å²) in [6.45, 7) is 7.29. The van der Waals surface area contributed by atoms with Gasteiger partial charge >= 0.3 is 6.03 Å². The minimum atomic E-state index is 0.180. The van der Waals surface area contributed by atoms with Crippen molar-refractivity contribution < 1.29 is 4.79 Å². The summed E-state index contributed by atoms with van der Waals surface area (Å²) in [6.07, 6.45) is 5.81. The van der Waals surface area contributed by atoms with Crippen LogP contribution in [0.5, 0.6) is 0 Å². The first-order valence-corrected chi connectivity index (χ1v) is 6.79. The maximum absolute atomic E-state index is 12.2. The molecule has 0 saturated carbocycles.